The lowest BCUT2D eigenvalue weighted by molar-refractivity contribution is 0.602. The Bertz CT molecular complexity index is 647. The van der Waals surface area contributed by atoms with E-state index in [1.54, 1.807) is 11.3 Å². The van der Waals surface area contributed by atoms with Crippen LogP contribution >= 0.6 is 22.9 Å². The fourth-order valence-electron chi connectivity index (χ4n) is 1.71. The molecule has 0 bridgehead atoms. The first-order valence-corrected chi connectivity index (χ1v) is 9.12. The van der Waals surface area contributed by atoms with Crippen molar-refractivity contribution in [1.82, 2.24) is 4.37 Å². The number of nitrogens with two attached hydrogens (primary N) is 1. The molecule has 5 nitrogen and oxygen atoms in total. The lowest BCUT2D eigenvalue weighted by atomic mass is 10.3. The highest BCUT2D eigenvalue weighted by molar-refractivity contribution is 7.91. The Morgan fingerprint density at radius 2 is 2.21 bits per heavy atom. The molecule has 0 saturated heterocycles. The third-order valence-electron chi connectivity index (χ3n) is 2.65. The Hall–Kier alpha value is -1.12. The summed E-state index contributed by atoms with van der Waals surface area (Å²) >= 11 is 2.82. The van der Waals surface area contributed by atoms with Crippen LogP contribution in [0.1, 0.15) is 4.88 Å². The van der Waals surface area contributed by atoms with Crippen LogP contribution in [0.25, 0.3) is 0 Å². The Labute approximate surface area is 120 Å². The fourth-order valence-corrected chi connectivity index (χ4v) is 4.63. The maximum atomic E-state index is 11.7. The monoisotopic (exact) mass is 317 g/mol. The first kappa shape index (κ1) is 14.3. The van der Waals surface area contributed by atoms with Crippen molar-refractivity contribution in [2.45, 2.75) is 11.3 Å². The van der Waals surface area contributed by atoms with Crippen molar-refractivity contribution in [2.24, 2.45) is 0 Å². The minimum absolute atomic E-state index is 0.0884. The van der Waals surface area contributed by atoms with Crippen molar-refractivity contribution in [3.05, 3.63) is 22.4 Å². The summed E-state index contributed by atoms with van der Waals surface area (Å²) in [6.07, 6.45) is 2.03. The lowest BCUT2D eigenvalue weighted by Gasteiger charge is -2.17. The molecule has 0 fully saturated rings. The predicted molar refractivity (Wildman–Crippen MR) is 80.9 cm³/mol. The van der Waals surface area contributed by atoms with Crippen LogP contribution in [0.3, 0.4) is 0 Å². The summed E-state index contributed by atoms with van der Waals surface area (Å²) in [7, 11) is -1.50. The van der Waals surface area contributed by atoms with Crippen LogP contribution in [0.5, 0.6) is 0 Å². The van der Waals surface area contributed by atoms with E-state index in [1.807, 2.05) is 23.4 Å². The number of aromatic nitrogens is 1. The third kappa shape index (κ3) is 3.26. The number of nitrogens with zero attached hydrogens (tertiary/aromatic N) is 2. The van der Waals surface area contributed by atoms with Crippen molar-refractivity contribution in [2.75, 3.05) is 30.5 Å². The second-order valence-corrected chi connectivity index (χ2v) is 7.96. The molecule has 2 N–H and O–H groups in total. The SMILES string of the molecule is CN(CCc1cccs1)c1snc(N)c1S(C)(=O)=O. The van der Waals surface area contributed by atoms with E-state index in [0.29, 0.717) is 5.00 Å². The van der Waals surface area contributed by atoms with E-state index in [4.69, 9.17) is 5.73 Å². The number of hydrogen-bond donors (Lipinski definition) is 1. The molecule has 0 spiro atoms. The van der Waals surface area contributed by atoms with E-state index >= 15 is 0 Å². The molecule has 2 aromatic rings. The smallest absolute Gasteiger partial charge is 0.182 e. The van der Waals surface area contributed by atoms with E-state index < -0.39 is 9.84 Å². The Kier molecular flexibility index (Phi) is 4.12. The summed E-state index contributed by atoms with van der Waals surface area (Å²) in [5.41, 5.74) is 5.65. The fraction of sp³-hybridized carbons (Fsp3) is 0.364. The molecule has 8 heteroatoms. The summed E-state index contributed by atoms with van der Waals surface area (Å²) in [6, 6.07) is 4.07. The Morgan fingerprint density at radius 3 is 2.79 bits per heavy atom. The minimum atomic E-state index is -3.35. The lowest BCUT2D eigenvalue weighted by Crippen LogP contribution is -2.21. The number of thiophene rings is 1. The van der Waals surface area contributed by atoms with Crippen LogP contribution in [-0.2, 0) is 16.3 Å². The van der Waals surface area contributed by atoms with Gasteiger partial charge in [-0.05, 0) is 29.4 Å². The van der Waals surface area contributed by atoms with Gasteiger partial charge < -0.3 is 10.6 Å². The quantitative estimate of drug-likeness (QED) is 0.911. The third-order valence-corrected chi connectivity index (χ3v) is 5.83. The summed E-state index contributed by atoms with van der Waals surface area (Å²) < 4.78 is 27.4. The Balaban J connectivity index is 2.18. The summed E-state index contributed by atoms with van der Waals surface area (Å²) in [4.78, 5) is 3.31. The molecule has 0 atom stereocenters. The van der Waals surface area contributed by atoms with Crippen LogP contribution < -0.4 is 10.6 Å². The number of hydrogen-bond acceptors (Lipinski definition) is 7. The van der Waals surface area contributed by atoms with E-state index in [9.17, 15) is 8.42 Å². The van der Waals surface area contributed by atoms with E-state index in [0.717, 1.165) is 30.8 Å². The van der Waals surface area contributed by atoms with Gasteiger partial charge in [-0.2, -0.15) is 4.37 Å². The normalized spacial score (nSPS) is 11.7. The standard InChI is InChI=1S/C11H15N3O2S3/c1-14(6-5-8-4-3-7-17-8)11-9(19(2,15)16)10(12)13-18-11/h3-4,7H,5-6H2,1-2H3,(H2,12,13). The topological polar surface area (TPSA) is 76.3 Å². The van der Waals surface area contributed by atoms with Gasteiger partial charge in [-0.15, -0.1) is 11.3 Å². The molecule has 0 aliphatic carbocycles. The van der Waals surface area contributed by atoms with Gasteiger partial charge in [-0.1, -0.05) is 6.07 Å². The van der Waals surface area contributed by atoms with E-state index in [1.165, 1.54) is 4.88 Å². The second-order valence-electron chi connectivity index (χ2n) is 4.23. The maximum Gasteiger partial charge on any atom is 0.182 e. The van der Waals surface area contributed by atoms with Gasteiger partial charge in [0.2, 0.25) is 0 Å². The molecular weight excluding hydrogens is 302 g/mol. The molecule has 0 saturated carbocycles. The summed E-state index contributed by atoms with van der Waals surface area (Å²) in [5.74, 6) is 0.0884. The minimum Gasteiger partial charge on any atom is -0.382 e. The second kappa shape index (κ2) is 5.48. The number of sulfone groups is 1. The van der Waals surface area contributed by atoms with Crippen molar-refractivity contribution in [3.8, 4) is 0 Å². The van der Waals surface area contributed by atoms with Gasteiger partial charge in [0.05, 0.1) is 0 Å². The highest BCUT2D eigenvalue weighted by Crippen LogP contribution is 2.33. The van der Waals surface area contributed by atoms with E-state index in [2.05, 4.69) is 10.4 Å². The van der Waals surface area contributed by atoms with Gasteiger partial charge in [0.15, 0.2) is 15.7 Å². The number of nitrogen functional groups attached to an aromatic ring is 1. The first-order valence-electron chi connectivity index (χ1n) is 5.58. The van der Waals surface area contributed by atoms with Crippen LogP contribution in [0, 0.1) is 0 Å². The van der Waals surface area contributed by atoms with Gasteiger partial charge in [0.1, 0.15) is 9.90 Å². The summed E-state index contributed by atoms with van der Waals surface area (Å²) in [5, 5.41) is 2.64. The van der Waals surface area contributed by atoms with Gasteiger partial charge >= 0.3 is 0 Å². The molecule has 0 amide bonds. The predicted octanol–water partition coefficient (Wildman–Crippen LogP) is 1.87. The average molecular weight is 317 g/mol. The van der Waals surface area contributed by atoms with Crippen molar-refractivity contribution in [3.63, 3.8) is 0 Å². The van der Waals surface area contributed by atoms with Gasteiger partial charge in [0.25, 0.3) is 0 Å². The molecular formula is C11H15N3O2S3. The molecule has 104 valence electrons. The van der Waals surface area contributed by atoms with Crippen molar-refractivity contribution < 1.29 is 8.42 Å². The molecule has 2 aromatic heterocycles. The first-order chi connectivity index (χ1) is 8.89. The van der Waals surface area contributed by atoms with Gasteiger partial charge in [-0.3, -0.25) is 0 Å². The molecule has 0 radical (unpaired) electrons. The number of anilines is 2. The van der Waals surface area contributed by atoms with Gasteiger partial charge in [-0.25, -0.2) is 8.42 Å². The molecule has 19 heavy (non-hydrogen) atoms. The zero-order chi connectivity index (χ0) is 14.0. The molecule has 0 aliphatic heterocycles. The highest BCUT2D eigenvalue weighted by atomic mass is 32.2. The molecule has 0 unspecified atom stereocenters. The zero-order valence-corrected chi connectivity index (χ0v) is 13.1. The Morgan fingerprint density at radius 1 is 1.47 bits per heavy atom. The van der Waals surface area contributed by atoms with Crippen LogP contribution in [0.4, 0.5) is 10.8 Å². The van der Waals surface area contributed by atoms with Crippen molar-refractivity contribution in [1.29, 1.82) is 0 Å². The largest absolute Gasteiger partial charge is 0.382 e. The zero-order valence-electron chi connectivity index (χ0n) is 10.7. The van der Waals surface area contributed by atoms with Crippen LogP contribution in [0.15, 0.2) is 22.4 Å². The van der Waals surface area contributed by atoms with Gasteiger partial charge in [0, 0.05) is 24.7 Å². The highest BCUT2D eigenvalue weighted by Gasteiger charge is 2.23. The van der Waals surface area contributed by atoms with Crippen LogP contribution in [-0.4, -0.2) is 32.6 Å². The molecule has 2 rings (SSSR count). The van der Waals surface area contributed by atoms with Crippen molar-refractivity contribution >= 4 is 43.5 Å². The van der Waals surface area contributed by atoms with E-state index in [-0.39, 0.29) is 10.7 Å². The summed E-state index contributed by atoms with van der Waals surface area (Å²) in [6.45, 7) is 0.727. The molecule has 0 aromatic carbocycles. The molecule has 0 aliphatic rings. The average Bonchev–Trinajstić information content (AvgIpc) is 2.93. The number of rotatable bonds is 5. The maximum absolute atomic E-state index is 11.7. The number of likely N-dealkylation sites (N-methyl/N-ethyl adjacent to an activating group) is 1. The molecule has 2 heterocycles. The van der Waals surface area contributed by atoms with Crippen LogP contribution in [0.2, 0.25) is 0 Å².